The van der Waals surface area contributed by atoms with E-state index in [1.807, 2.05) is 12.2 Å². The van der Waals surface area contributed by atoms with Gasteiger partial charge in [0.15, 0.2) is 0 Å². The molecular weight excluding hydrogens is 697 g/mol. The second kappa shape index (κ2) is 41.9. The third-order valence-corrected chi connectivity index (χ3v) is 8.51. The Hall–Kier alpha value is -4.23. The molecule has 0 saturated heterocycles. The van der Waals surface area contributed by atoms with E-state index >= 15 is 0 Å². The smallest absolute Gasteiger partial charge is 0.326 e. The largest absolute Gasteiger partial charge is 0.480 e. The van der Waals surface area contributed by atoms with E-state index in [4.69, 9.17) is 10.5 Å². The SMILES string of the molecule is CC/C=C\C/C=C\C/C=C\C/C=C\C/C=C\CCCCCC(=O)OC(/C=C\C/C=C\C/C=C\C/C=C\C/C=C\CC)CCCCC(=O)NC(CCCN)C(=O)O. The summed E-state index contributed by atoms with van der Waals surface area (Å²) < 4.78 is 5.85. The lowest BCUT2D eigenvalue weighted by Crippen LogP contribution is -2.40. The number of ether oxygens (including phenoxy) is 1. The zero-order chi connectivity index (χ0) is 41.0. The first-order valence-corrected chi connectivity index (χ1v) is 21.4. The van der Waals surface area contributed by atoms with Crippen LogP contribution in [0.5, 0.6) is 0 Å². The van der Waals surface area contributed by atoms with Gasteiger partial charge in [-0.3, -0.25) is 9.59 Å². The minimum Gasteiger partial charge on any atom is -0.480 e. The van der Waals surface area contributed by atoms with Gasteiger partial charge in [0.25, 0.3) is 0 Å². The predicted molar refractivity (Wildman–Crippen MR) is 238 cm³/mol. The summed E-state index contributed by atoms with van der Waals surface area (Å²) in [4.78, 5) is 36.6. The molecule has 312 valence electrons. The van der Waals surface area contributed by atoms with Crippen LogP contribution in [0.15, 0.2) is 122 Å². The van der Waals surface area contributed by atoms with Crippen molar-refractivity contribution >= 4 is 17.8 Å². The second-order valence-corrected chi connectivity index (χ2v) is 13.6. The average molecular weight is 773 g/mol. The Bertz CT molecular complexity index is 1280. The Labute approximate surface area is 341 Å². The van der Waals surface area contributed by atoms with E-state index in [2.05, 4.69) is 129 Å². The molecule has 0 aliphatic rings. The number of carboxylic acids is 1. The molecule has 0 rings (SSSR count). The first-order chi connectivity index (χ1) is 27.4. The lowest BCUT2D eigenvalue weighted by atomic mass is 10.1. The van der Waals surface area contributed by atoms with Gasteiger partial charge in [-0.1, -0.05) is 136 Å². The van der Waals surface area contributed by atoms with Crippen LogP contribution in [0.25, 0.3) is 0 Å². The Morgan fingerprint density at radius 2 is 0.982 bits per heavy atom. The Morgan fingerprint density at radius 3 is 1.45 bits per heavy atom. The van der Waals surface area contributed by atoms with Crippen LogP contribution in [0.2, 0.25) is 0 Å². The average Bonchev–Trinajstić information content (AvgIpc) is 3.18. The van der Waals surface area contributed by atoms with Crippen LogP contribution >= 0.6 is 0 Å². The summed E-state index contributed by atoms with van der Waals surface area (Å²) in [6, 6.07) is -0.923. The van der Waals surface area contributed by atoms with Gasteiger partial charge < -0.3 is 20.9 Å². The number of unbranched alkanes of at least 4 members (excludes halogenated alkanes) is 4. The Morgan fingerprint density at radius 1 is 0.536 bits per heavy atom. The van der Waals surface area contributed by atoms with Crippen molar-refractivity contribution < 1.29 is 24.2 Å². The number of carbonyl (C=O) groups is 3. The molecule has 0 spiro atoms. The summed E-state index contributed by atoms with van der Waals surface area (Å²) in [5.41, 5.74) is 5.50. The van der Waals surface area contributed by atoms with E-state index in [1.54, 1.807) is 0 Å². The lowest BCUT2D eigenvalue weighted by molar-refractivity contribution is -0.147. The molecule has 0 fully saturated rings. The van der Waals surface area contributed by atoms with Crippen LogP contribution in [0.4, 0.5) is 0 Å². The zero-order valence-corrected chi connectivity index (χ0v) is 34.9. The third kappa shape index (κ3) is 38.1. The number of allylic oxidation sites excluding steroid dienone is 19. The lowest BCUT2D eigenvalue weighted by Gasteiger charge is -2.16. The molecule has 2 unspecified atom stereocenters. The monoisotopic (exact) mass is 773 g/mol. The molecular formula is C49H76N2O5. The molecule has 0 aliphatic heterocycles. The molecule has 0 bridgehead atoms. The molecule has 4 N–H and O–H groups in total. The van der Waals surface area contributed by atoms with Crippen molar-refractivity contribution in [1.29, 1.82) is 0 Å². The molecule has 0 aromatic rings. The quantitative estimate of drug-likeness (QED) is 0.0331. The van der Waals surface area contributed by atoms with Crippen molar-refractivity contribution in [2.24, 2.45) is 5.73 Å². The standard InChI is InChI=1S/C49H76N2O5/c1-3-5-7-9-11-13-15-17-19-20-21-22-23-25-27-29-31-33-35-43-48(53)56-45(40-36-37-42-47(52)51-46(49(54)55)41-38-44-50)39-34-32-30-28-26-24-18-16-14-12-10-8-6-4-2/h5-8,11-14,17-19,21-22,24-25,27-28,30,34,39,45-46H,3-4,9-10,15-16,20,23,26,29,31-33,35-38,40-44,50H2,1-2H3,(H,51,52)(H,54,55)/b7-5-,8-6-,13-11-,14-12-,19-17-,22-21-,24-18-,27-25-,30-28-,39-34-. The number of carbonyl (C=O) groups excluding carboxylic acids is 2. The molecule has 7 heteroatoms. The summed E-state index contributed by atoms with van der Waals surface area (Å²) in [5, 5.41) is 12.0. The zero-order valence-electron chi connectivity index (χ0n) is 34.9. The van der Waals surface area contributed by atoms with E-state index in [0.29, 0.717) is 45.1 Å². The van der Waals surface area contributed by atoms with Crippen LogP contribution in [0.1, 0.15) is 149 Å². The Balaban J connectivity index is 4.61. The summed E-state index contributed by atoms with van der Waals surface area (Å²) in [6.07, 6.45) is 59.6. The normalized spacial score (nSPS) is 13.9. The molecule has 0 radical (unpaired) electrons. The first kappa shape index (κ1) is 51.8. The number of hydrogen-bond donors (Lipinski definition) is 3. The van der Waals surface area contributed by atoms with Crippen molar-refractivity contribution in [2.75, 3.05) is 6.54 Å². The van der Waals surface area contributed by atoms with Gasteiger partial charge >= 0.3 is 11.9 Å². The number of rotatable bonds is 36. The van der Waals surface area contributed by atoms with Crippen LogP contribution in [0.3, 0.4) is 0 Å². The van der Waals surface area contributed by atoms with Gasteiger partial charge in [0.1, 0.15) is 12.1 Å². The molecule has 7 nitrogen and oxygen atoms in total. The number of nitrogens with two attached hydrogens (primary N) is 1. The van der Waals surface area contributed by atoms with Gasteiger partial charge in [-0.25, -0.2) is 4.79 Å². The maximum absolute atomic E-state index is 12.7. The molecule has 0 aromatic heterocycles. The number of nitrogens with one attached hydrogen (secondary N) is 1. The van der Waals surface area contributed by atoms with Crippen LogP contribution in [-0.2, 0) is 19.1 Å². The molecule has 0 saturated carbocycles. The Kier molecular flexibility index (Phi) is 38.8. The topological polar surface area (TPSA) is 119 Å². The van der Waals surface area contributed by atoms with E-state index < -0.39 is 12.0 Å². The van der Waals surface area contributed by atoms with Crippen molar-refractivity contribution in [1.82, 2.24) is 5.32 Å². The molecule has 56 heavy (non-hydrogen) atoms. The molecule has 0 aromatic carbocycles. The van der Waals surface area contributed by atoms with Gasteiger partial charge in [0, 0.05) is 12.8 Å². The minimum absolute atomic E-state index is 0.201. The van der Waals surface area contributed by atoms with Gasteiger partial charge in [-0.2, -0.15) is 0 Å². The number of esters is 1. The summed E-state index contributed by atoms with van der Waals surface area (Å²) in [6.45, 7) is 4.66. The van der Waals surface area contributed by atoms with Crippen molar-refractivity contribution in [2.45, 2.75) is 161 Å². The summed E-state index contributed by atoms with van der Waals surface area (Å²) in [7, 11) is 0. The summed E-state index contributed by atoms with van der Waals surface area (Å²) >= 11 is 0. The fourth-order valence-electron chi connectivity index (χ4n) is 5.36. The predicted octanol–water partition coefficient (Wildman–Crippen LogP) is 12.2. The minimum atomic E-state index is -1.05. The maximum atomic E-state index is 12.7. The second-order valence-electron chi connectivity index (χ2n) is 13.6. The highest BCUT2D eigenvalue weighted by atomic mass is 16.5. The third-order valence-electron chi connectivity index (χ3n) is 8.51. The van der Waals surface area contributed by atoms with Crippen LogP contribution in [-0.4, -0.2) is 41.6 Å². The maximum Gasteiger partial charge on any atom is 0.326 e. The fraction of sp³-hybridized carbons (Fsp3) is 0.531. The fourth-order valence-corrected chi connectivity index (χ4v) is 5.36. The highest BCUT2D eigenvalue weighted by molar-refractivity contribution is 5.83. The molecule has 2 atom stereocenters. The number of hydrogen-bond acceptors (Lipinski definition) is 5. The van der Waals surface area contributed by atoms with Crippen LogP contribution < -0.4 is 11.1 Å². The highest BCUT2D eigenvalue weighted by Gasteiger charge is 2.19. The highest BCUT2D eigenvalue weighted by Crippen LogP contribution is 2.13. The molecule has 1 amide bonds. The van der Waals surface area contributed by atoms with Crippen molar-refractivity contribution in [3.8, 4) is 0 Å². The van der Waals surface area contributed by atoms with E-state index in [9.17, 15) is 19.5 Å². The summed E-state index contributed by atoms with van der Waals surface area (Å²) in [5.74, 6) is -1.54. The van der Waals surface area contributed by atoms with E-state index in [-0.39, 0.29) is 24.4 Å². The number of carboxylic acid groups (broad SMARTS) is 1. The van der Waals surface area contributed by atoms with Gasteiger partial charge in [-0.05, 0) is 128 Å². The van der Waals surface area contributed by atoms with Gasteiger partial charge in [0.05, 0.1) is 0 Å². The first-order valence-electron chi connectivity index (χ1n) is 21.4. The number of aliphatic carboxylic acids is 1. The molecule has 0 aliphatic carbocycles. The molecule has 0 heterocycles. The van der Waals surface area contributed by atoms with E-state index in [1.165, 1.54) is 0 Å². The van der Waals surface area contributed by atoms with Gasteiger partial charge in [-0.15, -0.1) is 0 Å². The number of amides is 1. The van der Waals surface area contributed by atoms with Gasteiger partial charge in [0.2, 0.25) is 5.91 Å². The van der Waals surface area contributed by atoms with Crippen LogP contribution in [0, 0.1) is 0 Å². The van der Waals surface area contributed by atoms with E-state index in [0.717, 1.165) is 89.9 Å². The van der Waals surface area contributed by atoms with Crippen molar-refractivity contribution in [3.63, 3.8) is 0 Å². The van der Waals surface area contributed by atoms with Crippen molar-refractivity contribution in [3.05, 3.63) is 122 Å².